The van der Waals surface area contributed by atoms with Crippen LogP contribution in [0.3, 0.4) is 0 Å². The van der Waals surface area contributed by atoms with Gasteiger partial charge in [0.15, 0.2) is 5.96 Å². The minimum absolute atomic E-state index is 0. The van der Waals surface area contributed by atoms with Crippen molar-refractivity contribution in [3.63, 3.8) is 0 Å². The number of carbonyl (C=O) groups is 1. The molecular formula is C22H30FIN4O. The molecule has 0 aliphatic rings. The van der Waals surface area contributed by atoms with E-state index in [1.165, 1.54) is 22.6 Å². The number of rotatable bonds is 8. The number of hydrogen-bond acceptors (Lipinski definition) is 2. The highest BCUT2D eigenvalue weighted by atomic mass is 127. The van der Waals surface area contributed by atoms with Crippen LogP contribution < -0.4 is 10.6 Å². The van der Waals surface area contributed by atoms with E-state index < -0.39 is 0 Å². The molecule has 0 aliphatic heterocycles. The number of carbonyl (C=O) groups excluding carboxylic acids is 1. The van der Waals surface area contributed by atoms with Crippen LogP contribution in [-0.2, 0) is 17.6 Å². The first-order chi connectivity index (χ1) is 13.5. The van der Waals surface area contributed by atoms with E-state index in [0.717, 1.165) is 24.0 Å². The molecule has 0 aliphatic carbocycles. The number of likely N-dealkylation sites (N-methyl/N-ethyl adjacent to an activating group) is 1. The number of nitrogens with one attached hydrogen (secondary N) is 2. The number of nitrogens with zero attached hydrogens (tertiary/aromatic N) is 2. The zero-order valence-corrected chi connectivity index (χ0v) is 19.6. The Hall–Kier alpha value is -2.16. The van der Waals surface area contributed by atoms with Gasteiger partial charge in [0, 0.05) is 27.2 Å². The van der Waals surface area contributed by atoms with Gasteiger partial charge in [-0.15, -0.1) is 24.0 Å². The fourth-order valence-corrected chi connectivity index (χ4v) is 2.69. The largest absolute Gasteiger partial charge is 0.356 e. The molecule has 0 bridgehead atoms. The Morgan fingerprint density at radius 2 is 1.69 bits per heavy atom. The first-order valence-corrected chi connectivity index (χ1v) is 9.47. The third-order valence-corrected chi connectivity index (χ3v) is 4.41. The Kier molecular flexibility index (Phi) is 11.3. The highest BCUT2D eigenvalue weighted by Gasteiger charge is 2.06. The van der Waals surface area contributed by atoms with Gasteiger partial charge in [0.25, 0.3) is 0 Å². The van der Waals surface area contributed by atoms with Gasteiger partial charge < -0.3 is 15.5 Å². The Balaban J connectivity index is 0.00000420. The molecule has 0 saturated carbocycles. The van der Waals surface area contributed by atoms with Crippen LogP contribution in [-0.4, -0.2) is 50.5 Å². The summed E-state index contributed by atoms with van der Waals surface area (Å²) < 4.78 is 13.2. The minimum atomic E-state index is -0.221. The molecule has 0 heterocycles. The predicted molar refractivity (Wildman–Crippen MR) is 127 cm³/mol. The summed E-state index contributed by atoms with van der Waals surface area (Å²) in [6.45, 7) is 3.34. The Morgan fingerprint density at radius 3 is 2.31 bits per heavy atom. The zero-order valence-electron chi connectivity index (χ0n) is 17.2. The maximum Gasteiger partial charge on any atom is 0.243 e. The van der Waals surface area contributed by atoms with Crippen LogP contribution in [0.25, 0.3) is 0 Å². The molecule has 2 aromatic rings. The first-order valence-electron chi connectivity index (χ1n) is 9.47. The summed E-state index contributed by atoms with van der Waals surface area (Å²) in [5.41, 5.74) is 3.25. The summed E-state index contributed by atoms with van der Waals surface area (Å²) >= 11 is 0. The van der Waals surface area contributed by atoms with Gasteiger partial charge in [-0.25, -0.2) is 9.38 Å². The molecule has 158 valence electrons. The number of halogens is 2. The van der Waals surface area contributed by atoms with Gasteiger partial charge in [-0.1, -0.05) is 36.4 Å². The Bertz CT molecular complexity index is 797. The van der Waals surface area contributed by atoms with E-state index in [2.05, 4.69) is 27.8 Å². The highest BCUT2D eigenvalue weighted by Crippen LogP contribution is 2.10. The summed E-state index contributed by atoms with van der Waals surface area (Å²) in [6.07, 6.45) is 1.60. The SMILES string of the molecule is Cc1cc(F)ccc1CCNC(=NCC(=O)N(C)C)NCCc1ccccc1.I. The van der Waals surface area contributed by atoms with Crippen LogP contribution in [0.15, 0.2) is 53.5 Å². The van der Waals surface area contributed by atoms with E-state index in [0.29, 0.717) is 19.0 Å². The molecule has 29 heavy (non-hydrogen) atoms. The van der Waals surface area contributed by atoms with Gasteiger partial charge in [-0.05, 0) is 48.6 Å². The van der Waals surface area contributed by atoms with Crippen molar-refractivity contribution < 1.29 is 9.18 Å². The van der Waals surface area contributed by atoms with E-state index in [9.17, 15) is 9.18 Å². The number of benzene rings is 2. The maximum atomic E-state index is 13.2. The van der Waals surface area contributed by atoms with Crippen molar-refractivity contribution in [3.05, 3.63) is 71.0 Å². The van der Waals surface area contributed by atoms with Gasteiger partial charge in [0.05, 0.1) is 0 Å². The molecule has 0 fully saturated rings. The highest BCUT2D eigenvalue weighted by molar-refractivity contribution is 14.0. The maximum absolute atomic E-state index is 13.2. The summed E-state index contributed by atoms with van der Waals surface area (Å²) in [6, 6.07) is 15.0. The summed E-state index contributed by atoms with van der Waals surface area (Å²) in [7, 11) is 3.43. The molecular weight excluding hydrogens is 482 g/mol. The average Bonchev–Trinajstić information content (AvgIpc) is 2.67. The Morgan fingerprint density at radius 1 is 1.03 bits per heavy atom. The van der Waals surface area contributed by atoms with Gasteiger partial charge in [0.1, 0.15) is 12.4 Å². The van der Waals surface area contributed by atoms with Crippen molar-refractivity contribution in [2.45, 2.75) is 19.8 Å². The summed E-state index contributed by atoms with van der Waals surface area (Å²) in [5.74, 6) is 0.325. The van der Waals surface area contributed by atoms with E-state index in [1.807, 2.05) is 31.2 Å². The number of aryl methyl sites for hydroxylation is 1. The second kappa shape index (κ2) is 13.1. The topological polar surface area (TPSA) is 56.7 Å². The summed E-state index contributed by atoms with van der Waals surface area (Å²) in [4.78, 5) is 17.8. The van der Waals surface area contributed by atoms with Crippen molar-refractivity contribution in [2.24, 2.45) is 4.99 Å². The van der Waals surface area contributed by atoms with Crippen LogP contribution in [0.2, 0.25) is 0 Å². The zero-order chi connectivity index (χ0) is 20.4. The van der Waals surface area contributed by atoms with E-state index in [1.54, 1.807) is 14.1 Å². The number of hydrogen-bond donors (Lipinski definition) is 2. The molecule has 0 saturated heterocycles. The van der Waals surface area contributed by atoms with Gasteiger partial charge in [-0.3, -0.25) is 4.79 Å². The lowest BCUT2D eigenvalue weighted by molar-refractivity contribution is -0.127. The lowest BCUT2D eigenvalue weighted by atomic mass is 10.1. The fraction of sp³-hybridized carbons (Fsp3) is 0.364. The van der Waals surface area contributed by atoms with Crippen LogP contribution in [0.5, 0.6) is 0 Å². The van der Waals surface area contributed by atoms with Gasteiger partial charge in [0.2, 0.25) is 5.91 Å². The third-order valence-electron chi connectivity index (χ3n) is 4.41. The molecule has 2 N–H and O–H groups in total. The van der Waals surface area contributed by atoms with Gasteiger partial charge in [-0.2, -0.15) is 0 Å². The molecule has 0 atom stereocenters. The second-order valence-corrected chi connectivity index (χ2v) is 6.86. The number of aliphatic imine (C=N–C) groups is 1. The smallest absolute Gasteiger partial charge is 0.243 e. The average molecular weight is 512 g/mol. The molecule has 2 rings (SSSR count). The van der Waals surface area contributed by atoms with Crippen molar-refractivity contribution >= 4 is 35.8 Å². The molecule has 5 nitrogen and oxygen atoms in total. The normalized spacial score (nSPS) is 10.8. The third kappa shape index (κ3) is 9.25. The first kappa shape index (κ1) is 24.9. The van der Waals surface area contributed by atoms with Gasteiger partial charge >= 0.3 is 0 Å². The van der Waals surface area contributed by atoms with Crippen molar-refractivity contribution in [1.29, 1.82) is 0 Å². The van der Waals surface area contributed by atoms with Crippen LogP contribution in [0.1, 0.15) is 16.7 Å². The second-order valence-electron chi connectivity index (χ2n) is 6.86. The standard InChI is InChI=1S/C22H29FN4O.HI/c1-17-15-20(23)10-9-19(17)12-14-25-22(26-16-21(28)27(2)3)24-13-11-18-7-5-4-6-8-18;/h4-10,15H,11-14,16H2,1-3H3,(H2,24,25,26);1H. The molecule has 7 heteroatoms. The molecule has 0 aromatic heterocycles. The predicted octanol–water partition coefficient (Wildman–Crippen LogP) is 3.16. The molecule has 0 spiro atoms. The molecule has 0 radical (unpaired) electrons. The van der Waals surface area contributed by atoms with Crippen molar-refractivity contribution in [2.75, 3.05) is 33.7 Å². The molecule has 2 aromatic carbocycles. The van der Waals surface area contributed by atoms with Crippen molar-refractivity contribution in [1.82, 2.24) is 15.5 Å². The van der Waals surface area contributed by atoms with Crippen LogP contribution in [0.4, 0.5) is 4.39 Å². The lowest BCUT2D eigenvalue weighted by Crippen LogP contribution is -2.40. The lowest BCUT2D eigenvalue weighted by Gasteiger charge is -2.14. The van der Waals surface area contributed by atoms with Crippen LogP contribution in [0, 0.1) is 12.7 Å². The van der Waals surface area contributed by atoms with E-state index >= 15 is 0 Å². The van der Waals surface area contributed by atoms with Crippen molar-refractivity contribution in [3.8, 4) is 0 Å². The van der Waals surface area contributed by atoms with Crippen LogP contribution >= 0.6 is 24.0 Å². The fourth-order valence-electron chi connectivity index (χ4n) is 2.69. The quantitative estimate of drug-likeness (QED) is 0.325. The number of guanidine groups is 1. The Labute approximate surface area is 189 Å². The van der Waals surface area contributed by atoms with E-state index in [-0.39, 0.29) is 42.2 Å². The monoisotopic (exact) mass is 512 g/mol. The van der Waals surface area contributed by atoms with E-state index in [4.69, 9.17) is 0 Å². The summed E-state index contributed by atoms with van der Waals surface area (Å²) in [5, 5.41) is 6.55. The molecule has 1 amide bonds. The number of amides is 1. The minimum Gasteiger partial charge on any atom is -0.356 e. The molecule has 0 unspecified atom stereocenters.